The molecule has 0 saturated heterocycles. The van der Waals surface area contributed by atoms with Gasteiger partial charge in [0.15, 0.2) is 0 Å². The van der Waals surface area contributed by atoms with Gasteiger partial charge >= 0.3 is 0 Å². The van der Waals surface area contributed by atoms with Crippen molar-refractivity contribution in [1.29, 1.82) is 0 Å². The minimum atomic E-state index is 0.346. The largest absolute Gasteiger partial charge is 0.377 e. The van der Waals surface area contributed by atoms with Crippen LogP contribution in [0, 0.1) is 0 Å². The molecule has 0 aliphatic rings. The Bertz CT molecular complexity index is 492. The Morgan fingerprint density at radius 3 is 2.65 bits per heavy atom. The molecule has 1 unspecified atom stereocenters. The lowest BCUT2D eigenvalue weighted by molar-refractivity contribution is 0.901. The van der Waals surface area contributed by atoms with Gasteiger partial charge in [0.1, 0.15) is 0 Å². The first kappa shape index (κ1) is 12.7. The second-order valence-corrected chi connectivity index (χ2v) is 6.51. The predicted molar refractivity (Wildman–Crippen MR) is 79.9 cm³/mol. The van der Waals surface area contributed by atoms with E-state index in [9.17, 15) is 0 Å². The summed E-state index contributed by atoms with van der Waals surface area (Å²) < 4.78 is 1.19. The molecule has 0 aliphatic carbocycles. The molecule has 0 radical (unpaired) electrons. The first-order valence-corrected chi connectivity index (χ1v) is 7.41. The van der Waals surface area contributed by atoms with E-state index in [1.165, 1.54) is 19.9 Å². The van der Waals surface area contributed by atoms with Gasteiger partial charge in [0.25, 0.3) is 0 Å². The maximum atomic E-state index is 3.58. The number of benzene rings is 1. The number of nitrogens with one attached hydrogen (secondary N) is 1. The fourth-order valence-corrected chi connectivity index (χ4v) is 3.26. The zero-order chi connectivity index (χ0) is 12.3. The summed E-state index contributed by atoms with van der Waals surface area (Å²) in [6, 6.07) is 13.1. The van der Waals surface area contributed by atoms with Gasteiger partial charge in [-0.25, -0.2) is 0 Å². The molecule has 17 heavy (non-hydrogen) atoms. The second kappa shape index (κ2) is 5.69. The molecule has 0 fully saturated rings. The van der Waals surface area contributed by atoms with Crippen molar-refractivity contribution in [3.8, 4) is 0 Å². The molecule has 1 nitrogen and oxygen atoms in total. The number of rotatable bonds is 4. The van der Waals surface area contributed by atoms with Crippen LogP contribution in [-0.4, -0.2) is 0 Å². The topological polar surface area (TPSA) is 12.0 Å². The number of hydrogen-bond acceptors (Lipinski definition) is 2. The second-order valence-electron chi connectivity index (χ2n) is 4.02. The molecule has 0 bridgehead atoms. The lowest BCUT2D eigenvalue weighted by atomic mass is 10.1. The smallest absolute Gasteiger partial charge is 0.0702 e. The van der Waals surface area contributed by atoms with Crippen LogP contribution in [-0.2, 0) is 6.42 Å². The lowest BCUT2D eigenvalue weighted by Gasteiger charge is -2.16. The molecule has 0 aliphatic heterocycles. The maximum Gasteiger partial charge on any atom is 0.0702 e. The highest BCUT2D eigenvalue weighted by Crippen LogP contribution is 2.30. The van der Waals surface area contributed by atoms with Crippen molar-refractivity contribution in [2.24, 2.45) is 0 Å². The van der Waals surface area contributed by atoms with Crippen LogP contribution in [0.15, 0.2) is 40.2 Å². The number of halogens is 1. The minimum absolute atomic E-state index is 0.346. The van der Waals surface area contributed by atoms with Gasteiger partial charge in [0, 0.05) is 10.6 Å². The Labute approximate surface area is 115 Å². The van der Waals surface area contributed by atoms with Crippen molar-refractivity contribution in [3.63, 3.8) is 0 Å². The van der Waals surface area contributed by atoms with Gasteiger partial charge in [-0.3, -0.25) is 0 Å². The van der Waals surface area contributed by atoms with E-state index >= 15 is 0 Å². The summed E-state index contributed by atoms with van der Waals surface area (Å²) in [5, 5.41) is 3.58. The van der Waals surface area contributed by atoms with E-state index in [1.807, 2.05) is 0 Å². The highest BCUT2D eigenvalue weighted by atomic mass is 79.9. The first-order chi connectivity index (χ1) is 8.20. The zero-order valence-electron chi connectivity index (χ0n) is 10.0. The number of hydrogen-bond donors (Lipinski definition) is 1. The third-order valence-corrected chi connectivity index (χ3v) is 4.60. The van der Waals surface area contributed by atoms with Crippen molar-refractivity contribution < 1.29 is 0 Å². The van der Waals surface area contributed by atoms with Crippen molar-refractivity contribution in [3.05, 3.63) is 50.6 Å². The Balaban J connectivity index is 2.15. The average Bonchev–Trinajstić information content (AvgIpc) is 2.77. The van der Waals surface area contributed by atoms with Gasteiger partial charge in [-0.15, -0.1) is 11.3 Å². The van der Waals surface area contributed by atoms with Gasteiger partial charge in [0.05, 0.1) is 9.83 Å². The van der Waals surface area contributed by atoms with Gasteiger partial charge < -0.3 is 5.32 Å². The summed E-state index contributed by atoms with van der Waals surface area (Å²) in [5.74, 6) is 0. The van der Waals surface area contributed by atoms with Crippen LogP contribution < -0.4 is 5.32 Å². The molecule has 0 amide bonds. The molecule has 1 aromatic heterocycles. The lowest BCUT2D eigenvalue weighted by Crippen LogP contribution is -2.06. The maximum absolute atomic E-state index is 3.58. The summed E-state index contributed by atoms with van der Waals surface area (Å²) in [6.07, 6.45) is 1.06. The Morgan fingerprint density at radius 2 is 2.00 bits per heavy atom. The summed E-state index contributed by atoms with van der Waals surface area (Å²) >= 11 is 5.29. The van der Waals surface area contributed by atoms with Gasteiger partial charge in [-0.05, 0) is 53.0 Å². The van der Waals surface area contributed by atoms with Crippen molar-refractivity contribution in [2.45, 2.75) is 26.3 Å². The third-order valence-electron chi connectivity index (χ3n) is 2.79. The van der Waals surface area contributed by atoms with Gasteiger partial charge in [-0.2, -0.15) is 0 Å². The fourth-order valence-electron chi connectivity index (χ4n) is 1.83. The summed E-state index contributed by atoms with van der Waals surface area (Å²) in [4.78, 5) is 1.35. The zero-order valence-corrected chi connectivity index (χ0v) is 12.4. The number of aryl methyl sites for hydroxylation is 1. The predicted octanol–water partition coefficient (Wildman–Crippen LogP) is 5.25. The van der Waals surface area contributed by atoms with Gasteiger partial charge in [0.2, 0.25) is 0 Å². The molecular weight excluding hydrogens is 294 g/mol. The average molecular weight is 310 g/mol. The van der Waals surface area contributed by atoms with Crippen LogP contribution in [0.2, 0.25) is 0 Å². The Hall–Kier alpha value is -0.800. The highest BCUT2D eigenvalue weighted by molar-refractivity contribution is 9.11. The van der Waals surface area contributed by atoms with Crippen LogP contribution in [0.25, 0.3) is 0 Å². The summed E-state index contributed by atoms with van der Waals surface area (Å²) in [7, 11) is 0. The number of anilines is 1. The fraction of sp³-hybridized carbons (Fsp3) is 0.286. The van der Waals surface area contributed by atoms with Gasteiger partial charge in [-0.1, -0.05) is 25.1 Å². The van der Waals surface area contributed by atoms with E-state index < -0.39 is 0 Å². The summed E-state index contributed by atoms with van der Waals surface area (Å²) in [6.45, 7) is 4.39. The molecule has 0 spiro atoms. The van der Waals surface area contributed by atoms with Crippen LogP contribution in [0.5, 0.6) is 0 Å². The first-order valence-electron chi connectivity index (χ1n) is 5.80. The molecule has 1 heterocycles. The van der Waals surface area contributed by atoms with Crippen LogP contribution in [0.3, 0.4) is 0 Å². The molecule has 90 valence electrons. The molecule has 2 aromatic rings. The van der Waals surface area contributed by atoms with Crippen LogP contribution in [0.4, 0.5) is 5.69 Å². The van der Waals surface area contributed by atoms with E-state index in [0.29, 0.717) is 6.04 Å². The Kier molecular flexibility index (Phi) is 4.24. The Morgan fingerprint density at radius 1 is 1.24 bits per heavy atom. The molecule has 1 N–H and O–H groups in total. The van der Waals surface area contributed by atoms with Crippen LogP contribution >= 0.6 is 27.3 Å². The molecular formula is C14H16BrNS. The quantitative estimate of drug-likeness (QED) is 0.813. The molecule has 3 heteroatoms. The minimum Gasteiger partial charge on any atom is -0.377 e. The number of para-hydroxylation sites is 1. The van der Waals surface area contributed by atoms with Crippen LogP contribution in [0.1, 0.15) is 30.3 Å². The standard InChI is InChI=1S/C14H16BrNS/c1-3-11-6-4-5-7-12(11)16-10(2)13-8-9-14(15)17-13/h4-10,16H,3H2,1-2H3. The monoisotopic (exact) mass is 309 g/mol. The molecule has 2 rings (SSSR count). The van der Waals surface area contributed by atoms with Crippen molar-refractivity contribution in [2.75, 3.05) is 5.32 Å². The normalized spacial score (nSPS) is 12.4. The van der Waals surface area contributed by atoms with E-state index in [2.05, 4.69) is 71.5 Å². The van der Waals surface area contributed by atoms with Crippen molar-refractivity contribution in [1.82, 2.24) is 0 Å². The third kappa shape index (κ3) is 3.11. The van der Waals surface area contributed by atoms with E-state index in [0.717, 1.165) is 6.42 Å². The SMILES string of the molecule is CCc1ccccc1NC(C)c1ccc(Br)s1. The van der Waals surface area contributed by atoms with E-state index in [1.54, 1.807) is 11.3 Å². The molecule has 1 atom stereocenters. The molecule has 1 aromatic carbocycles. The van der Waals surface area contributed by atoms with E-state index in [-0.39, 0.29) is 0 Å². The molecule has 0 saturated carbocycles. The summed E-state index contributed by atoms with van der Waals surface area (Å²) in [5.41, 5.74) is 2.61. The number of thiophene rings is 1. The van der Waals surface area contributed by atoms with Crippen molar-refractivity contribution >= 4 is 33.0 Å². The highest BCUT2D eigenvalue weighted by Gasteiger charge is 2.09. The van der Waals surface area contributed by atoms with E-state index in [4.69, 9.17) is 0 Å².